The van der Waals surface area contributed by atoms with Crippen molar-refractivity contribution in [2.45, 2.75) is 12.8 Å². The van der Waals surface area contributed by atoms with E-state index >= 15 is 0 Å². The molecule has 0 unspecified atom stereocenters. The lowest BCUT2D eigenvalue weighted by Crippen LogP contribution is -2.22. The highest BCUT2D eigenvalue weighted by atomic mass is 79.9. The fraction of sp³-hybridized carbons (Fsp3) is 0.385. The monoisotopic (exact) mass is 291 g/mol. The van der Waals surface area contributed by atoms with E-state index in [9.17, 15) is 0 Å². The lowest BCUT2D eigenvalue weighted by Gasteiger charge is -2.16. The van der Waals surface area contributed by atoms with E-state index in [-0.39, 0.29) is 0 Å². The Labute approximate surface area is 109 Å². The van der Waals surface area contributed by atoms with Gasteiger partial charge in [0.05, 0.1) is 5.52 Å². The van der Waals surface area contributed by atoms with Gasteiger partial charge >= 0.3 is 0 Å². The predicted octanol–water partition coefficient (Wildman–Crippen LogP) is 3.24. The SMILES string of the molecule is CN(CC1CC1)c1ncc2cc(Br)ccc2n1. The van der Waals surface area contributed by atoms with Crippen LogP contribution in [0.3, 0.4) is 0 Å². The first-order valence-corrected chi connectivity index (χ1v) is 6.65. The minimum Gasteiger partial charge on any atom is -0.344 e. The standard InChI is InChI=1S/C13H14BrN3/c1-17(8-9-2-3-9)13-15-7-10-6-11(14)4-5-12(10)16-13/h4-7,9H,2-3,8H2,1H3. The summed E-state index contributed by atoms with van der Waals surface area (Å²) >= 11 is 3.45. The molecule has 0 radical (unpaired) electrons. The largest absolute Gasteiger partial charge is 0.344 e. The Kier molecular flexibility index (Phi) is 2.74. The van der Waals surface area contributed by atoms with Crippen molar-refractivity contribution < 1.29 is 0 Å². The van der Waals surface area contributed by atoms with Crippen molar-refractivity contribution in [2.75, 3.05) is 18.5 Å². The van der Waals surface area contributed by atoms with Crippen LogP contribution in [0.15, 0.2) is 28.9 Å². The highest BCUT2D eigenvalue weighted by Crippen LogP contribution is 2.30. The number of benzene rings is 1. The van der Waals surface area contributed by atoms with Gasteiger partial charge in [0.1, 0.15) is 0 Å². The summed E-state index contributed by atoms with van der Waals surface area (Å²) in [5, 5.41) is 1.07. The molecule has 0 saturated heterocycles. The second-order valence-electron chi connectivity index (χ2n) is 4.70. The molecule has 0 atom stereocenters. The minimum absolute atomic E-state index is 0.826. The van der Waals surface area contributed by atoms with Gasteiger partial charge in [-0.15, -0.1) is 0 Å². The number of halogens is 1. The number of anilines is 1. The predicted molar refractivity (Wildman–Crippen MR) is 73.2 cm³/mol. The van der Waals surface area contributed by atoms with E-state index in [4.69, 9.17) is 0 Å². The first-order chi connectivity index (χ1) is 8.22. The molecule has 0 bridgehead atoms. The molecule has 0 N–H and O–H groups in total. The minimum atomic E-state index is 0.826. The van der Waals surface area contributed by atoms with Gasteiger partial charge in [0.2, 0.25) is 5.95 Å². The van der Waals surface area contributed by atoms with Crippen molar-refractivity contribution in [1.29, 1.82) is 0 Å². The number of aromatic nitrogens is 2. The molecule has 0 aliphatic heterocycles. The summed E-state index contributed by atoms with van der Waals surface area (Å²) in [7, 11) is 2.07. The zero-order chi connectivity index (χ0) is 11.8. The third-order valence-electron chi connectivity index (χ3n) is 3.10. The van der Waals surface area contributed by atoms with E-state index in [1.807, 2.05) is 24.4 Å². The molecule has 1 saturated carbocycles. The third kappa shape index (κ3) is 2.41. The Morgan fingerprint density at radius 3 is 3.00 bits per heavy atom. The van der Waals surface area contributed by atoms with E-state index < -0.39 is 0 Å². The lowest BCUT2D eigenvalue weighted by atomic mass is 10.2. The Morgan fingerprint density at radius 1 is 1.41 bits per heavy atom. The van der Waals surface area contributed by atoms with Crippen LogP contribution in [0.1, 0.15) is 12.8 Å². The van der Waals surface area contributed by atoms with Gasteiger partial charge in [-0.2, -0.15) is 0 Å². The van der Waals surface area contributed by atoms with E-state index in [2.05, 4.69) is 37.8 Å². The van der Waals surface area contributed by atoms with Crippen LogP contribution in [0.4, 0.5) is 5.95 Å². The molecule has 0 spiro atoms. The van der Waals surface area contributed by atoms with E-state index in [0.717, 1.165) is 33.8 Å². The van der Waals surface area contributed by atoms with Gasteiger partial charge in [-0.1, -0.05) is 15.9 Å². The average Bonchev–Trinajstić information content (AvgIpc) is 3.12. The number of fused-ring (bicyclic) bond motifs is 1. The number of hydrogen-bond acceptors (Lipinski definition) is 3. The normalized spacial score (nSPS) is 15.2. The van der Waals surface area contributed by atoms with Crippen molar-refractivity contribution in [1.82, 2.24) is 9.97 Å². The van der Waals surface area contributed by atoms with Crippen molar-refractivity contribution in [3.05, 3.63) is 28.9 Å². The fourth-order valence-corrected chi connectivity index (χ4v) is 2.33. The van der Waals surface area contributed by atoms with Crippen LogP contribution in [0, 0.1) is 5.92 Å². The maximum absolute atomic E-state index is 4.59. The first kappa shape index (κ1) is 11.0. The summed E-state index contributed by atoms with van der Waals surface area (Å²) in [6.45, 7) is 1.07. The molecule has 17 heavy (non-hydrogen) atoms. The van der Waals surface area contributed by atoms with Gasteiger partial charge in [0, 0.05) is 29.6 Å². The molecule has 88 valence electrons. The van der Waals surface area contributed by atoms with Crippen LogP contribution in [-0.4, -0.2) is 23.6 Å². The number of hydrogen-bond donors (Lipinski definition) is 0. The Bertz CT molecular complexity index is 551. The fourth-order valence-electron chi connectivity index (χ4n) is 1.95. The summed E-state index contributed by atoms with van der Waals surface area (Å²) in [4.78, 5) is 11.2. The van der Waals surface area contributed by atoms with Crippen LogP contribution >= 0.6 is 15.9 Å². The van der Waals surface area contributed by atoms with Crippen molar-refractivity contribution in [2.24, 2.45) is 5.92 Å². The Morgan fingerprint density at radius 2 is 2.24 bits per heavy atom. The van der Waals surface area contributed by atoms with Crippen molar-refractivity contribution in [3.63, 3.8) is 0 Å². The highest BCUT2D eigenvalue weighted by Gasteiger charge is 2.23. The molecule has 1 heterocycles. The molecular weight excluding hydrogens is 278 g/mol. The maximum atomic E-state index is 4.59. The Hall–Kier alpha value is -1.16. The average molecular weight is 292 g/mol. The first-order valence-electron chi connectivity index (χ1n) is 5.86. The van der Waals surface area contributed by atoms with Gasteiger partial charge in [0.15, 0.2) is 0 Å². The van der Waals surface area contributed by atoms with Crippen LogP contribution in [-0.2, 0) is 0 Å². The van der Waals surface area contributed by atoms with Crippen LogP contribution in [0.5, 0.6) is 0 Å². The quantitative estimate of drug-likeness (QED) is 0.869. The molecule has 4 heteroatoms. The highest BCUT2D eigenvalue weighted by molar-refractivity contribution is 9.10. The molecule has 1 aromatic heterocycles. The number of rotatable bonds is 3. The smallest absolute Gasteiger partial charge is 0.225 e. The summed E-state index contributed by atoms with van der Waals surface area (Å²) in [5.74, 6) is 1.68. The van der Waals surface area contributed by atoms with E-state index in [0.29, 0.717) is 0 Å². The molecule has 1 aliphatic rings. The molecule has 1 fully saturated rings. The Balaban J connectivity index is 1.92. The molecule has 3 nitrogen and oxygen atoms in total. The third-order valence-corrected chi connectivity index (χ3v) is 3.59. The maximum Gasteiger partial charge on any atom is 0.225 e. The topological polar surface area (TPSA) is 29.0 Å². The second-order valence-corrected chi connectivity index (χ2v) is 5.61. The zero-order valence-electron chi connectivity index (χ0n) is 9.73. The van der Waals surface area contributed by atoms with E-state index in [1.165, 1.54) is 12.8 Å². The van der Waals surface area contributed by atoms with Gasteiger partial charge < -0.3 is 4.90 Å². The molecular formula is C13H14BrN3. The molecule has 2 aromatic rings. The van der Waals surface area contributed by atoms with Crippen LogP contribution in [0.2, 0.25) is 0 Å². The summed E-state index contributed by atoms with van der Waals surface area (Å²) < 4.78 is 1.06. The van der Waals surface area contributed by atoms with Crippen molar-refractivity contribution >= 4 is 32.8 Å². The van der Waals surface area contributed by atoms with Gasteiger partial charge in [-0.05, 0) is 37.0 Å². The molecule has 1 aromatic carbocycles. The second kappa shape index (κ2) is 4.26. The van der Waals surface area contributed by atoms with Gasteiger partial charge in [-0.25, -0.2) is 9.97 Å². The molecule has 1 aliphatic carbocycles. The summed E-state index contributed by atoms with van der Waals surface area (Å²) in [6, 6.07) is 6.08. The van der Waals surface area contributed by atoms with Crippen LogP contribution in [0.25, 0.3) is 10.9 Å². The molecule has 0 amide bonds. The van der Waals surface area contributed by atoms with Gasteiger partial charge in [-0.3, -0.25) is 0 Å². The van der Waals surface area contributed by atoms with Gasteiger partial charge in [0.25, 0.3) is 0 Å². The lowest BCUT2D eigenvalue weighted by molar-refractivity contribution is 0.767. The van der Waals surface area contributed by atoms with Crippen LogP contribution < -0.4 is 4.90 Å². The van der Waals surface area contributed by atoms with Crippen molar-refractivity contribution in [3.8, 4) is 0 Å². The molecule has 3 rings (SSSR count). The number of nitrogens with zero attached hydrogens (tertiary/aromatic N) is 3. The summed E-state index contributed by atoms with van der Waals surface area (Å²) in [6.07, 6.45) is 4.60. The van der Waals surface area contributed by atoms with E-state index in [1.54, 1.807) is 0 Å². The zero-order valence-corrected chi connectivity index (χ0v) is 11.3. The summed E-state index contributed by atoms with van der Waals surface area (Å²) in [5.41, 5.74) is 1.00.